The van der Waals surface area contributed by atoms with Gasteiger partial charge in [-0.2, -0.15) is 13.2 Å². The highest BCUT2D eigenvalue weighted by molar-refractivity contribution is 6.35. The highest BCUT2D eigenvalue weighted by Crippen LogP contribution is 2.33. The fourth-order valence-corrected chi connectivity index (χ4v) is 5.31. The van der Waals surface area contributed by atoms with Crippen LogP contribution in [0.5, 0.6) is 0 Å². The van der Waals surface area contributed by atoms with Crippen LogP contribution >= 0.6 is 23.2 Å². The Balaban J connectivity index is 1.76. The number of alkyl halides is 3. The molecule has 0 aromatic heterocycles. The summed E-state index contributed by atoms with van der Waals surface area (Å²) in [5.41, 5.74) is 1.15. The van der Waals surface area contributed by atoms with Gasteiger partial charge in [-0.05, 0) is 62.5 Å². The number of nitrogens with one attached hydrogen (secondary N) is 2. The number of carbonyl (C=O) groups excluding carboxylic acids is 2. The average molecular weight is 633 g/mol. The lowest BCUT2D eigenvalue weighted by Gasteiger charge is -2.38. The van der Waals surface area contributed by atoms with Gasteiger partial charge < -0.3 is 30.1 Å². The number of nitrogens with zero attached hydrogens (tertiary/aromatic N) is 3. The van der Waals surface area contributed by atoms with Gasteiger partial charge in [0.05, 0.1) is 18.7 Å². The molecule has 2 N–H and O–H groups in total. The smallest absolute Gasteiger partial charge is 0.383 e. The maximum absolute atomic E-state index is 13.7. The Bertz CT molecular complexity index is 1220. The van der Waals surface area contributed by atoms with Crippen molar-refractivity contribution in [2.75, 3.05) is 65.4 Å². The molecule has 42 heavy (non-hydrogen) atoms. The van der Waals surface area contributed by atoms with Crippen LogP contribution in [0.25, 0.3) is 0 Å². The van der Waals surface area contributed by atoms with Crippen LogP contribution in [0.1, 0.15) is 23.6 Å². The SMILES string of the molecule is COCC(C)NCc1cc(C(F)(F)F)ccc1N1CCN(C(=O)C(Cc2ccc(Cl)cc2Cl)NC(=O)CN(C)C)CC1. The minimum Gasteiger partial charge on any atom is -0.383 e. The number of anilines is 1. The van der Waals surface area contributed by atoms with E-state index >= 15 is 0 Å². The number of hydrogen-bond acceptors (Lipinski definition) is 6. The first-order valence-electron chi connectivity index (χ1n) is 13.6. The zero-order valence-electron chi connectivity index (χ0n) is 24.2. The van der Waals surface area contributed by atoms with Gasteiger partial charge >= 0.3 is 6.18 Å². The van der Waals surface area contributed by atoms with Crippen LogP contribution in [-0.4, -0.2) is 94.2 Å². The van der Waals surface area contributed by atoms with E-state index in [1.54, 1.807) is 49.2 Å². The molecule has 0 radical (unpaired) electrons. The highest BCUT2D eigenvalue weighted by Gasteiger charge is 2.33. The molecular weight excluding hydrogens is 594 g/mol. The van der Waals surface area contributed by atoms with Gasteiger partial charge in [0.15, 0.2) is 0 Å². The van der Waals surface area contributed by atoms with E-state index < -0.39 is 17.8 Å². The third kappa shape index (κ3) is 9.74. The normalized spacial score (nSPS) is 15.6. The standard InChI is InChI=1S/C29H38Cl2F3N5O3/c1-19(18-42-4)35-16-21-13-22(29(32,33)34)6-8-26(21)38-9-11-39(12-10-38)28(41)25(36-27(40)17-37(2)3)14-20-5-7-23(30)15-24(20)31/h5-8,13,15,19,25,35H,9-12,14,16-18H2,1-4H3,(H,36,40). The Hall–Kier alpha value is -2.57. The van der Waals surface area contributed by atoms with E-state index in [4.69, 9.17) is 27.9 Å². The second-order valence-electron chi connectivity index (χ2n) is 10.7. The lowest BCUT2D eigenvalue weighted by atomic mass is 10.0. The fourth-order valence-electron chi connectivity index (χ4n) is 4.83. The minimum atomic E-state index is -4.46. The van der Waals surface area contributed by atoms with Gasteiger partial charge in [0.1, 0.15) is 6.04 Å². The molecule has 0 aliphatic carbocycles. The van der Waals surface area contributed by atoms with Crippen LogP contribution < -0.4 is 15.5 Å². The number of methoxy groups -OCH3 is 1. The van der Waals surface area contributed by atoms with Gasteiger partial charge in [0.2, 0.25) is 11.8 Å². The highest BCUT2D eigenvalue weighted by atomic mass is 35.5. The van der Waals surface area contributed by atoms with Crippen LogP contribution in [0.4, 0.5) is 18.9 Å². The minimum absolute atomic E-state index is 0.0550. The predicted molar refractivity (Wildman–Crippen MR) is 159 cm³/mol. The summed E-state index contributed by atoms with van der Waals surface area (Å²) in [7, 11) is 5.08. The molecule has 0 bridgehead atoms. The van der Waals surface area contributed by atoms with Crippen LogP contribution in [0.2, 0.25) is 10.0 Å². The van der Waals surface area contributed by atoms with E-state index in [1.165, 1.54) is 12.1 Å². The number of ether oxygens (including phenoxy) is 1. The molecule has 1 heterocycles. The van der Waals surface area contributed by atoms with E-state index in [1.807, 2.05) is 11.8 Å². The molecule has 2 amide bonds. The van der Waals surface area contributed by atoms with E-state index in [9.17, 15) is 22.8 Å². The summed E-state index contributed by atoms with van der Waals surface area (Å²) in [6.45, 7) is 4.15. The summed E-state index contributed by atoms with van der Waals surface area (Å²) in [6.07, 6.45) is -4.28. The summed E-state index contributed by atoms with van der Waals surface area (Å²) >= 11 is 12.4. The lowest BCUT2D eigenvalue weighted by molar-refractivity contribution is -0.137. The molecule has 1 aliphatic rings. The van der Waals surface area contributed by atoms with Crippen molar-refractivity contribution in [1.82, 2.24) is 20.4 Å². The van der Waals surface area contributed by atoms with Crippen molar-refractivity contribution in [2.24, 2.45) is 0 Å². The lowest BCUT2D eigenvalue weighted by Crippen LogP contribution is -2.56. The monoisotopic (exact) mass is 631 g/mol. The van der Waals surface area contributed by atoms with Crippen molar-refractivity contribution in [1.29, 1.82) is 0 Å². The molecule has 0 saturated carbocycles. The zero-order chi connectivity index (χ0) is 31.0. The third-order valence-electron chi connectivity index (χ3n) is 6.93. The number of carbonyl (C=O) groups is 2. The number of halogens is 5. The van der Waals surface area contributed by atoms with Gasteiger partial charge in [-0.1, -0.05) is 29.3 Å². The summed E-state index contributed by atoms with van der Waals surface area (Å²) < 4.78 is 45.6. The Morgan fingerprint density at radius 1 is 1.05 bits per heavy atom. The van der Waals surface area contributed by atoms with Crippen LogP contribution in [-0.2, 0) is 33.5 Å². The number of rotatable bonds is 12. The average Bonchev–Trinajstić information content (AvgIpc) is 2.91. The Kier molecular flexibility index (Phi) is 12.3. The predicted octanol–water partition coefficient (Wildman–Crippen LogP) is 4.07. The number of hydrogen-bond donors (Lipinski definition) is 2. The molecule has 2 unspecified atom stereocenters. The first-order chi connectivity index (χ1) is 19.8. The molecule has 1 aliphatic heterocycles. The maximum Gasteiger partial charge on any atom is 0.416 e. The van der Waals surface area contributed by atoms with E-state index in [-0.39, 0.29) is 37.4 Å². The third-order valence-corrected chi connectivity index (χ3v) is 7.52. The fraction of sp³-hybridized carbons (Fsp3) is 0.517. The summed E-state index contributed by atoms with van der Waals surface area (Å²) in [4.78, 5) is 31.7. The number of piperazine rings is 1. The van der Waals surface area contributed by atoms with E-state index in [2.05, 4.69) is 10.6 Å². The van der Waals surface area contributed by atoms with Crippen LogP contribution in [0, 0.1) is 0 Å². The van der Waals surface area contributed by atoms with Crippen LogP contribution in [0.15, 0.2) is 36.4 Å². The quantitative estimate of drug-likeness (QED) is 0.368. The summed E-state index contributed by atoms with van der Waals surface area (Å²) in [5.74, 6) is -0.554. The molecule has 13 heteroatoms. The Morgan fingerprint density at radius 3 is 2.33 bits per heavy atom. The summed E-state index contributed by atoms with van der Waals surface area (Å²) in [6, 6.07) is 7.84. The molecule has 2 aromatic carbocycles. The van der Waals surface area contributed by atoms with E-state index in [0.717, 1.165) is 6.07 Å². The second-order valence-corrected chi connectivity index (χ2v) is 11.5. The van der Waals surface area contributed by atoms with Gasteiger partial charge in [-0.15, -0.1) is 0 Å². The topological polar surface area (TPSA) is 77.1 Å². The van der Waals surface area contributed by atoms with Gasteiger partial charge in [0, 0.05) is 68.0 Å². The summed E-state index contributed by atoms with van der Waals surface area (Å²) in [5, 5.41) is 6.92. The second kappa shape index (κ2) is 15.2. The zero-order valence-corrected chi connectivity index (χ0v) is 25.7. The molecule has 1 fully saturated rings. The number of likely N-dealkylation sites (N-methyl/N-ethyl adjacent to an activating group) is 1. The molecule has 2 atom stereocenters. The van der Waals surface area contributed by atoms with Crippen molar-refractivity contribution in [3.63, 3.8) is 0 Å². The molecule has 8 nitrogen and oxygen atoms in total. The first kappa shape index (κ1) is 33.9. The van der Waals surface area contributed by atoms with E-state index in [0.29, 0.717) is 59.6 Å². The van der Waals surface area contributed by atoms with Crippen molar-refractivity contribution in [3.05, 3.63) is 63.1 Å². The van der Waals surface area contributed by atoms with Gasteiger partial charge in [-0.25, -0.2) is 0 Å². The van der Waals surface area contributed by atoms with Crippen molar-refractivity contribution in [3.8, 4) is 0 Å². The van der Waals surface area contributed by atoms with Crippen molar-refractivity contribution < 1.29 is 27.5 Å². The molecule has 3 rings (SSSR count). The molecular formula is C29H38Cl2F3N5O3. The first-order valence-corrected chi connectivity index (χ1v) is 14.4. The molecule has 1 saturated heterocycles. The van der Waals surface area contributed by atoms with Gasteiger partial charge in [-0.3, -0.25) is 9.59 Å². The van der Waals surface area contributed by atoms with Crippen molar-refractivity contribution in [2.45, 2.75) is 38.1 Å². The van der Waals surface area contributed by atoms with Crippen LogP contribution in [0.3, 0.4) is 0 Å². The van der Waals surface area contributed by atoms with Gasteiger partial charge in [0.25, 0.3) is 0 Å². The molecule has 232 valence electrons. The Labute approximate surface area is 255 Å². The largest absolute Gasteiger partial charge is 0.416 e. The van der Waals surface area contributed by atoms with Crippen molar-refractivity contribution >= 4 is 40.7 Å². The maximum atomic E-state index is 13.7. The Morgan fingerprint density at radius 2 is 1.74 bits per heavy atom. The number of benzene rings is 2. The molecule has 0 spiro atoms. The number of amides is 2. The molecule has 2 aromatic rings.